The van der Waals surface area contributed by atoms with E-state index in [-0.39, 0.29) is 72.2 Å². The second-order valence-electron chi connectivity index (χ2n) is 11.8. The number of amides is 2. The summed E-state index contributed by atoms with van der Waals surface area (Å²) in [5.41, 5.74) is -0.370. The number of halogens is 2. The Morgan fingerprint density at radius 2 is 1.88 bits per heavy atom. The lowest BCUT2D eigenvalue weighted by Gasteiger charge is -2.40. The average Bonchev–Trinajstić information content (AvgIpc) is 3.16. The van der Waals surface area contributed by atoms with E-state index in [0.717, 1.165) is 6.26 Å². The average molecular weight is 625 g/mol. The van der Waals surface area contributed by atoms with E-state index >= 15 is 0 Å². The summed E-state index contributed by atoms with van der Waals surface area (Å²) >= 11 is 6.82. The van der Waals surface area contributed by atoms with Gasteiger partial charge in [-0.05, 0) is 46.2 Å². The zero-order valence-corrected chi connectivity index (χ0v) is 25.7. The highest BCUT2D eigenvalue weighted by Crippen LogP contribution is 2.45. The number of ether oxygens (including phenoxy) is 2. The number of nitrogens with zero attached hydrogens (tertiary/aromatic N) is 4. The molecule has 3 aliphatic rings. The van der Waals surface area contributed by atoms with Crippen molar-refractivity contribution in [3.05, 3.63) is 40.7 Å². The molecule has 2 aromatic rings. The molecule has 4 heterocycles. The summed E-state index contributed by atoms with van der Waals surface area (Å²) in [4.78, 5) is 36.7. The van der Waals surface area contributed by atoms with Gasteiger partial charge in [-0.1, -0.05) is 23.7 Å². The fraction of sp³-hybridized carbons (Fsp3) is 0.536. The molecular formula is C28H34ClFN4O7S. The number of rotatable bonds is 4. The minimum atomic E-state index is -3.73. The first kappa shape index (κ1) is 30.3. The predicted molar refractivity (Wildman–Crippen MR) is 154 cm³/mol. The normalized spacial score (nSPS) is 22.8. The second-order valence-corrected chi connectivity index (χ2v) is 13.8. The van der Waals surface area contributed by atoms with Gasteiger partial charge >= 0.3 is 6.09 Å². The molecule has 0 spiro atoms. The fourth-order valence-electron chi connectivity index (χ4n) is 5.57. The van der Waals surface area contributed by atoms with Gasteiger partial charge in [-0.3, -0.25) is 8.98 Å². The number of carbonyl (C=O) groups is 2. The van der Waals surface area contributed by atoms with Crippen LogP contribution in [0.3, 0.4) is 0 Å². The van der Waals surface area contributed by atoms with Crippen LogP contribution in [0.4, 0.5) is 15.0 Å². The minimum Gasteiger partial charge on any atom is -0.489 e. The smallest absolute Gasteiger partial charge is 0.410 e. The van der Waals surface area contributed by atoms with E-state index in [1.54, 1.807) is 47.6 Å². The lowest BCUT2D eigenvalue weighted by atomic mass is 10.1. The summed E-state index contributed by atoms with van der Waals surface area (Å²) in [5, 5.41) is -0.0215. The molecule has 3 aliphatic heterocycles. The third kappa shape index (κ3) is 6.13. The van der Waals surface area contributed by atoms with Gasteiger partial charge in [0.15, 0.2) is 5.75 Å². The maximum absolute atomic E-state index is 15.0. The van der Waals surface area contributed by atoms with Crippen LogP contribution in [0.25, 0.3) is 11.3 Å². The summed E-state index contributed by atoms with van der Waals surface area (Å²) in [6, 6.07) is 5.21. The lowest BCUT2D eigenvalue weighted by Crippen LogP contribution is -2.58. The number of pyridine rings is 1. The number of aromatic nitrogens is 1. The third-order valence-electron chi connectivity index (χ3n) is 7.35. The SMILES string of the molecule is C[C@H]1C[C@H](OS(C)(=O)=O)CN1c1nc(-c2ccccc2F)c(Cl)c2c1C(=O)N1CCN(C(=O)OC(C)(C)C)C[C@@H]1CO2. The highest BCUT2D eigenvalue weighted by molar-refractivity contribution is 7.86. The van der Waals surface area contributed by atoms with Crippen LogP contribution >= 0.6 is 11.6 Å². The van der Waals surface area contributed by atoms with Crippen LogP contribution in [0.5, 0.6) is 5.75 Å². The standard InChI is InChI=1S/C28H34ClFN4O7S/c1-16-12-18(41-42(5,37)38)14-34(16)25-21-24(22(29)23(31-25)19-8-6-7-9-20(19)30)39-15-17-13-32(10-11-33(17)26(21)35)27(36)40-28(2,3)4/h6-9,16-18H,10-15H2,1-5H3/t16-,17+,18-/m0/s1. The van der Waals surface area contributed by atoms with E-state index in [1.807, 2.05) is 6.92 Å². The molecule has 2 fully saturated rings. The Balaban J connectivity index is 1.57. The Morgan fingerprint density at radius 1 is 1.17 bits per heavy atom. The zero-order chi connectivity index (χ0) is 30.6. The van der Waals surface area contributed by atoms with Crippen molar-refractivity contribution in [2.75, 3.05) is 43.9 Å². The van der Waals surface area contributed by atoms with Gasteiger partial charge in [-0.2, -0.15) is 8.42 Å². The molecular weight excluding hydrogens is 591 g/mol. The van der Waals surface area contributed by atoms with E-state index < -0.39 is 45.7 Å². The molecule has 0 N–H and O–H groups in total. The van der Waals surface area contributed by atoms with Crippen molar-refractivity contribution in [1.29, 1.82) is 0 Å². The van der Waals surface area contributed by atoms with Gasteiger partial charge in [0, 0.05) is 37.8 Å². The number of carbonyl (C=O) groups excluding carboxylic acids is 2. The van der Waals surface area contributed by atoms with Gasteiger partial charge < -0.3 is 24.2 Å². The molecule has 3 atom stereocenters. The van der Waals surface area contributed by atoms with Crippen LogP contribution in [0.1, 0.15) is 44.5 Å². The second kappa shape index (κ2) is 11.2. The number of piperazine rings is 1. The lowest BCUT2D eigenvalue weighted by molar-refractivity contribution is 0.000953. The fourth-order valence-corrected chi connectivity index (χ4v) is 6.50. The largest absolute Gasteiger partial charge is 0.489 e. The van der Waals surface area contributed by atoms with Gasteiger partial charge in [-0.15, -0.1) is 0 Å². The van der Waals surface area contributed by atoms with Gasteiger partial charge in [0.2, 0.25) is 0 Å². The van der Waals surface area contributed by atoms with Crippen LogP contribution in [0.2, 0.25) is 5.02 Å². The number of benzene rings is 1. The molecule has 5 rings (SSSR count). The highest BCUT2D eigenvalue weighted by Gasteiger charge is 2.43. The van der Waals surface area contributed by atoms with E-state index in [2.05, 4.69) is 0 Å². The molecule has 0 radical (unpaired) electrons. The molecule has 0 unspecified atom stereocenters. The topological polar surface area (TPSA) is 119 Å². The first-order valence-electron chi connectivity index (χ1n) is 13.7. The Hall–Kier alpha value is -3.16. The summed E-state index contributed by atoms with van der Waals surface area (Å²) in [6.45, 7) is 8.00. The Morgan fingerprint density at radius 3 is 2.55 bits per heavy atom. The number of anilines is 1. The van der Waals surface area contributed by atoms with Crippen molar-refractivity contribution in [1.82, 2.24) is 14.8 Å². The third-order valence-corrected chi connectivity index (χ3v) is 8.33. The van der Waals surface area contributed by atoms with Crippen molar-refractivity contribution >= 4 is 39.5 Å². The summed E-state index contributed by atoms with van der Waals surface area (Å²) in [5.74, 6) is -0.709. The van der Waals surface area contributed by atoms with Crippen molar-refractivity contribution in [3.8, 4) is 17.0 Å². The first-order chi connectivity index (χ1) is 19.6. The van der Waals surface area contributed by atoms with Gasteiger partial charge in [0.1, 0.15) is 34.4 Å². The minimum absolute atomic E-state index is 0.0211. The summed E-state index contributed by atoms with van der Waals surface area (Å²) in [6.07, 6.45) is 0.179. The van der Waals surface area contributed by atoms with E-state index in [1.165, 1.54) is 12.1 Å². The number of fused-ring (bicyclic) bond motifs is 2. The number of hydrogen-bond donors (Lipinski definition) is 0. The molecule has 11 nitrogen and oxygen atoms in total. The van der Waals surface area contributed by atoms with Crippen molar-refractivity contribution in [2.24, 2.45) is 0 Å². The summed E-state index contributed by atoms with van der Waals surface area (Å²) < 4.78 is 55.7. The van der Waals surface area contributed by atoms with Crippen LogP contribution < -0.4 is 9.64 Å². The Kier molecular flexibility index (Phi) is 8.05. The monoisotopic (exact) mass is 624 g/mol. The van der Waals surface area contributed by atoms with Crippen LogP contribution in [-0.2, 0) is 19.0 Å². The summed E-state index contributed by atoms with van der Waals surface area (Å²) in [7, 11) is -3.73. The van der Waals surface area contributed by atoms with Crippen molar-refractivity contribution < 1.29 is 36.1 Å². The van der Waals surface area contributed by atoms with Gasteiger partial charge in [0.05, 0.1) is 24.1 Å². The van der Waals surface area contributed by atoms with Crippen LogP contribution in [0.15, 0.2) is 24.3 Å². The van der Waals surface area contributed by atoms with Crippen LogP contribution in [-0.4, -0.2) is 98.0 Å². The number of hydrogen-bond acceptors (Lipinski definition) is 9. The Bertz CT molecular complexity index is 1520. The molecule has 0 aliphatic carbocycles. The van der Waals surface area contributed by atoms with Crippen molar-refractivity contribution in [3.63, 3.8) is 0 Å². The molecule has 0 bridgehead atoms. The van der Waals surface area contributed by atoms with E-state index in [9.17, 15) is 22.4 Å². The van der Waals surface area contributed by atoms with Crippen molar-refractivity contribution in [2.45, 2.75) is 57.9 Å². The molecule has 14 heteroatoms. The molecule has 2 amide bonds. The first-order valence-corrected chi connectivity index (χ1v) is 15.9. The molecule has 0 saturated carbocycles. The molecule has 42 heavy (non-hydrogen) atoms. The molecule has 228 valence electrons. The van der Waals surface area contributed by atoms with E-state index in [4.69, 9.17) is 30.2 Å². The molecule has 2 saturated heterocycles. The van der Waals surface area contributed by atoms with Gasteiger partial charge in [-0.25, -0.2) is 14.2 Å². The maximum atomic E-state index is 15.0. The molecule has 1 aromatic carbocycles. The van der Waals surface area contributed by atoms with Crippen LogP contribution in [0, 0.1) is 5.82 Å². The van der Waals surface area contributed by atoms with Gasteiger partial charge in [0.25, 0.3) is 16.0 Å². The highest BCUT2D eigenvalue weighted by atomic mass is 35.5. The Labute approximate surface area is 249 Å². The quantitative estimate of drug-likeness (QED) is 0.466. The predicted octanol–water partition coefficient (Wildman–Crippen LogP) is 3.94. The zero-order valence-electron chi connectivity index (χ0n) is 24.1. The maximum Gasteiger partial charge on any atom is 0.410 e. The molecule has 1 aromatic heterocycles. The van der Waals surface area contributed by atoms with E-state index in [0.29, 0.717) is 6.42 Å².